The molecule has 0 aromatic carbocycles. The molecule has 2 heterocycles. The van der Waals surface area contributed by atoms with Gasteiger partial charge < -0.3 is 10.1 Å². The van der Waals surface area contributed by atoms with Crippen molar-refractivity contribution in [3.8, 4) is 0 Å². The number of rotatable bonds is 4. The van der Waals surface area contributed by atoms with Crippen LogP contribution >= 0.6 is 22.9 Å². The molecule has 1 aliphatic rings. The maximum Gasteiger partial charge on any atom is 0.0931 e. The van der Waals surface area contributed by atoms with Gasteiger partial charge in [0.25, 0.3) is 0 Å². The molecule has 19 heavy (non-hydrogen) atoms. The predicted molar refractivity (Wildman–Crippen MR) is 83.3 cm³/mol. The molecule has 1 fully saturated rings. The second kappa shape index (κ2) is 5.72. The highest BCUT2D eigenvalue weighted by atomic mass is 35.5. The average molecular weight is 302 g/mol. The van der Waals surface area contributed by atoms with Gasteiger partial charge in [-0.05, 0) is 52.7 Å². The Hall–Kier alpha value is -0.0900. The maximum atomic E-state index is 6.05. The third-order valence-corrected chi connectivity index (χ3v) is 5.19. The van der Waals surface area contributed by atoms with Gasteiger partial charge in [0.05, 0.1) is 10.4 Å². The summed E-state index contributed by atoms with van der Waals surface area (Å²) in [6.07, 6.45) is 2.46. The SMILES string of the molecule is CC1OCCC1(CNC(C)(C)C)Cc1ccc(Cl)s1. The van der Waals surface area contributed by atoms with E-state index in [1.54, 1.807) is 11.3 Å². The van der Waals surface area contributed by atoms with Gasteiger partial charge in [0, 0.05) is 29.0 Å². The Morgan fingerprint density at radius 1 is 1.47 bits per heavy atom. The van der Waals surface area contributed by atoms with Gasteiger partial charge in [0.1, 0.15) is 0 Å². The molecular weight excluding hydrogens is 278 g/mol. The van der Waals surface area contributed by atoms with E-state index in [0.29, 0.717) is 6.10 Å². The molecule has 2 unspecified atom stereocenters. The molecule has 0 spiro atoms. The van der Waals surface area contributed by atoms with Crippen LogP contribution < -0.4 is 5.32 Å². The van der Waals surface area contributed by atoms with Crippen LogP contribution in [0, 0.1) is 5.41 Å². The van der Waals surface area contributed by atoms with Gasteiger partial charge >= 0.3 is 0 Å². The molecule has 0 aliphatic carbocycles. The van der Waals surface area contributed by atoms with Gasteiger partial charge in [0.15, 0.2) is 0 Å². The minimum Gasteiger partial charge on any atom is -0.378 e. The molecule has 108 valence electrons. The number of halogens is 1. The lowest BCUT2D eigenvalue weighted by atomic mass is 9.77. The summed E-state index contributed by atoms with van der Waals surface area (Å²) in [5.74, 6) is 0. The van der Waals surface area contributed by atoms with E-state index in [4.69, 9.17) is 16.3 Å². The van der Waals surface area contributed by atoms with Gasteiger partial charge in [-0.25, -0.2) is 0 Å². The second-order valence-electron chi connectivity index (χ2n) is 6.61. The van der Waals surface area contributed by atoms with Gasteiger partial charge in [-0.15, -0.1) is 11.3 Å². The fourth-order valence-corrected chi connectivity index (χ4v) is 3.82. The molecule has 1 aromatic heterocycles. The van der Waals surface area contributed by atoms with Crippen molar-refractivity contribution >= 4 is 22.9 Å². The Balaban J connectivity index is 2.11. The molecule has 0 bridgehead atoms. The number of hydrogen-bond acceptors (Lipinski definition) is 3. The number of hydrogen-bond donors (Lipinski definition) is 1. The first kappa shape index (κ1) is 15.3. The lowest BCUT2D eigenvalue weighted by Gasteiger charge is -2.35. The van der Waals surface area contributed by atoms with E-state index in [9.17, 15) is 0 Å². The molecule has 1 N–H and O–H groups in total. The van der Waals surface area contributed by atoms with E-state index in [-0.39, 0.29) is 11.0 Å². The highest BCUT2D eigenvalue weighted by molar-refractivity contribution is 7.16. The van der Waals surface area contributed by atoms with Crippen LogP contribution in [0.25, 0.3) is 0 Å². The lowest BCUT2D eigenvalue weighted by molar-refractivity contribution is 0.0602. The highest BCUT2D eigenvalue weighted by Gasteiger charge is 2.42. The van der Waals surface area contributed by atoms with Crippen molar-refractivity contribution in [1.29, 1.82) is 0 Å². The first-order valence-corrected chi connectivity index (χ1v) is 8.11. The number of thiophene rings is 1. The molecule has 2 rings (SSSR count). The van der Waals surface area contributed by atoms with Gasteiger partial charge in [0.2, 0.25) is 0 Å². The molecule has 1 saturated heterocycles. The molecule has 0 saturated carbocycles. The van der Waals surface area contributed by atoms with E-state index in [1.165, 1.54) is 4.88 Å². The maximum absolute atomic E-state index is 6.05. The molecular formula is C15H24ClNOS. The van der Waals surface area contributed by atoms with E-state index in [0.717, 1.165) is 30.3 Å². The van der Waals surface area contributed by atoms with Crippen molar-refractivity contribution in [3.63, 3.8) is 0 Å². The van der Waals surface area contributed by atoms with Crippen LogP contribution in [0.2, 0.25) is 4.34 Å². The summed E-state index contributed by atoms with van der Waals surface area (Å²) in [6.45, 7) is 10.7. The summed E-state index contributed by atoms with van der Waals surface area (Å²) in [4.78, 5) is 1.36. The van der Waals surface area contributed by atoms with Crippen molar-refractivity contribution in [1.82, 2.24) is 5.32 Å². The zero-order valence-corrected chi connectivity index (χ0v) is 13.8. The normalized spacial score (nSPS) is 27.9. The Bertz CT molecular complexity index is 426. The summed E-state index contributed by atoms with van der Waals surface area (Å²) in [5, 5.41) is 3.65. The van der Waals surface area contributed by atoms with E-state index in [2.05, 4.69) is 39.1 Å². The third kappa shape index (κ3) is 3.94. The van der Waals surface area contributed by atoms with Gasteiger partial charge in [-0.1, -0.05) is 11.6 Å². The third-order valence-electron chi connectivity index (χ3n) is 3.96. The zero-order chi connectivity index (χ0) is 14.1. The van der Waals surface area contributed by atoms with Crippen LogP contribution in [0.5, 0.6) is 0 Å². The molecule has 1 aromatic rings. The fraction of sp³-hybridized carbons (Fsp3) is 0.733. The lowest BCUT2D eigenvalue weighted by Crippen LogP contribution is -2.47. The predicted octanol–water partition coefficient (Wildman–Crippen LogP) is 4.13. The van der Waals surface area contributed by atoms with Crippen molar-refractivity contribution in [3.05, 3.63) is 21.3 Å². The fourth-order valence-electron chi connectivity index (χ4n) is 2.58. The molecule has 1 aliphatic heterocycles. The quantitative estimate of drug-likeness (QED) is 0.903. The molecule has 2 atom stereocenters. The topological polar surface area (TPSA) is 21.3 Å². The summed E-state index contributed by atoms with van der Waals surface area (Å²) in [7, 11) is 0. The largest absolute Gasteiger partial charge is 0.378 e. The minimum absolute atomic E-state index is 0.141. The van der Waals surface area contributed by atoms with E-state index < -0.39 is 0 Å². The smallest absolute Gasteiger partial charge is 0.0931 e. The number of nitrogens with one attached hydrogen (secondary N) is 1. The molecule has 0 amide bonds. The summed E-state index contributed by atoms with van der Waals surface area (Å²) < 4.78 is 6.72. The molecule has 2 nitrogen and oxygen atoms in total. The first-order valence-electron chi connectivity index (χ1n) is 6.92. The Kier molecular flexibility index (Phi) is 4.61. The summed E-state index contributed by atoms with van der Waals surface area (Å²) >= 11 is 7.74. The van der Waals surface area contributed by atoms with Crippen LogP contribution in [-0.4, -0.2) is 24.8 Å². The van der Waals surface area contributed by atoms with Crippen LogP contribution in [-0.2, 0) is 11.2 Å². The standard InChI is InChI=1S/C15H24ClNOS/c1-11-15(7-8-18-11,10-17-14(2,3)4)9-12-5-6-13(16)19-12/h5-6,11,17H,7-10H2,1-4H3. The summed E-state index contributed by atoms with van der Waals surface area (Å²) in [5.41, 5.74) is 0.337. The van der Waals surface area contributed by atoms with E-state index in [1.807, 2.05) is 6.07 Å². The Morgan fingerprint density at radius 3 is 2.68 bits per heavy atom. The van der Waals surface area contributed by atoms with Gasteiger partial charge in [-0.3, -0.25) is 0 Å². The minimum atomic E-state index is 0.141. The monoisotopic (exact) mass is 301 g/mol. The van der Waals surface area contributed by atoms with Gasteiger partial charge in [-0.2, -0.15) is 0 Å². The van der Waals surface area contributed by atoms with Crippen LogP contribution in [0.4, 0.5) is 0 Å². The first-order chi connectivity index (χ1) is 8.81. The van der Waals surface area contributed by atoms with Crippen molar-refractivity contribution < 1.29 is 4.74 Å². The van der Waals surface area contributed by atoms with Crippen LogP contribution in [0.3, 0.4) is 0 Å². The average Bonchev–Trinajstić information content (AvgIpc) is 2.84. The second-order valence-corrected chi connectivity index (χ2v) is 8.41. The Labute approximate surface area is 125 Å². The summed E-state index contributed by atoms with van der Waals surface area (Å²) in [6, 6.07) is 4.14. The van der Waals surface area contributed by atoms with E-state index >= 15 is 0 Å². The van der Waals surface area contributed by atoms with Crippen molar-refractivity contribution in [2.75, 3.05) is 13.2 Å². The molecule has 0 radical (unpaired) electrons. The van der Waals surface area contributed by atoms with Crippen molar-refractivity contribution in [2.24, 2.45) is 5.41 Å². The zero-order valence-electron chi connectivity index (χ0n) is 12.3. The number of ether oxygens (including phenoxy) is 1. The van der Waals surface area contributed by atoms with Crippen LogP contribution in [0.15, 0.2) is 12.1 Å². The van der Waals surface area contributed by atoms with Crippen LogP contribution in [0.1, 0.15) is 39.0 Å². The molecule has 4 heteroatoms. The highest BCUT2D eigenvalue weighted by Crippen LogP contribution is 2.40. The Morgan fingerprint density at radius 2 is 2.21 bits per heavy atom. The van der Waals surface area contributed by atoms with Crippen molar-refractivity contribution in [2.45, 2.75) is 52.2 Å².